The second kappa shape index (κ2) is 11.3. The molecule has 0 heterocycles. The summed E-state index contributed by atoms with van der Waals surface area (Å²) in [4.78, 5) is 24.3. The third-order valence-electron chi connectivity index (χ3n) is 3.57. The normalized spacial score (nSPS) is 10.1. The van der Waals surface area contributed by atoms with Crippen LogP contribution in [0, 0.1) is 0 Å². The van der Waals surface area contributed by atoms with Crippen LogP contribution in [0.15, 0.2) is 67.3 Å². The maximum Gasteiger partial charge on any atom is 0.273 e. The average molecular weight is 411 g/mol. The van der Waals surface area contributed by atoms with Crippen molar-refractivity contribution in [3.63, 3.8) is 0 Å². The van der Waals surface area contributed by atoms with Crippen molar-refractivity contribution in [3.8, 4) is 11.5 Å². The summed E-state index contributed by atoms with van der Waals surface area (Å²) in [5.74, 6) is 0.117. The van der Waals surface area contributed by atoms with E-state index in [1.165, 1.54) is 6.08 Å². The highest BCUT2D eigenvalue weighted by Crippen LogP contribution is 2.18. The number of amides is 2. The quantitative estimate of drug-likeness (QED) is 0.281. The Morgan fingerprint density at radius 2 is 1.76 bits per heavy atom. The second-order valence-electron chi connectivity index (χ2n) is 5.57. The zero-order valence-corrected chi connectivity index (χ0v) is 16.6. The molecule has 0 atom stereocenters. The second-order valence-corrected chi connectivity index (χ2v) is 5.98. The van der Waals surface area contributed by atoms with Crippen molar-refractivity contribution in [1.82, 2.24) is 16.2 Å². The highest BCUT2D eigenvalue weighted by molar-refractivity contribution is 7.80. The van der Waals surface area contributed by atoms with E-state index in [0.29, 0.717) is 17.1 Å². The maximum absolute atomic E-state index is 12.3. The molecular weight excluding hydrogens is 390 g/mol. The molecule has 0 aliphatic carbocycles. The average Bonchev–Trinajstić information content (AvgIpc) is 2.75. The van der Waals surface area contributed by atoms with Gasteiger partial charge in [-0.25, -0.2) is 0 Å². The van der Waals surface area contributed by atoms with Gasteiger partial charge in [0, 0.05) is 11.6 Å². The molecule has 3 N–H and O–H groups in total. The number of methoxy groups -OCH3 is 1. The van der Waals surface area contributed by atoms with Crippen LogP contribution in [-0.4, -0.2) is 30.6 Å². The van der Waals surface area contributed by atoms with E-state index < -0.39 is 11.8 Å². The molecule has 0 fully saturated rings. The third-order valence-corrected chi connectivity index (χ3v) is 3.77. The van der Waals surface area contributed by atoms with Gasteiger partial charge in [-0.1, -0.05) is 43.0 Å². The lowest BCUT2D eigenvalue weighted by Gasteiger charge is -2.12. The maximum atomic E-state index is 12.3. The topological polar surface area (TPSA) is 88.7 Å². The molecule has 0 aromatic heterocycles. The van der Waals surface area contributed by atoms with Gasteiger partial charge >= 0.3 is 0 Å². The lowest BCUT2D eigenvalue weighted by Crippen LogP contribution is -2.48. The van der Waals surface area contributed by atoms with Crippen LogP contribution in [0.1, 0.15) is 15.9 Å². The summed E-state index contributed by atoms with van der Waals surface area (Å²) >= 11 is 5.02. The Labute approximate surface area is 174 Å². The van der Waals surface area contributed by atoms with E-state index in [0.717, 1.165) is 5.56 Å². The van der Waals surface area contributed by atoms with E-state index in [2.05, 4.69) is 22.7 Å². The number of ether oxygens (including phenoxy) is 2. The van der Waals surface area contributed by atoms with Crippen LogP contribution in [0.2, 0.25) is 0 Å². The number of benzene rings is 2. The van der Waals surface area contributed by atoms with Gasteiger partial charge in [0.05, 0.1) is 12.7 Å². The first kappa shape index (κ1) is 21.6. The highest BCUT2D eigenvalue weighted by atomic mass is 32.1. The molecular formula is C21H21N3O4S. The van der Waals surface area contributed by atoms with Gasteiger partial charge in [-0.3, -0.25) is 25.8 Å². The van der Waals surface area contributed by atoms with Crippen LogP contribution in [-0.2, 0) is 4.79 Å². The van der Waals surface area contributed by atoms with Crippen molar-refractivity contribution in [2.75, 3.05) is 13.7 Å². The summed E-state index contributed by atoms with van der Waals surface area (Å²) in [5.41, 5.74) is 5.96. The summed E-state index contributed by atoms with van der Waals surface area (Å²) in [6, 6.07) is 14.0. The molecule has 150 valence electrons. The smallest absolute Gasteiger partial charge is 0.273 e. The van der Waals surface area contributed by atoms with Crippen LogP contribution >= 0.6 is 12.2 Å². The van der Waals surface area contributed by atoms with E-state index in [1.54, 1.807) is 49.6 Å². The monoisotopic (exact) mass is 411 g/mol. The molecule has 0 bridgehead atoms. The number of rotatable bonds is 7. The van der Waals surface area contributed by atoms with Crippen molar-refractivity contribution >= 4 is 35.2 Å². The van der Waals surface area contributed by atoms with Gasteiger partial charge in [0.1, 0.15) is 18.1 Å². The zero-order valence-electron chi connectivity index (χ0n) is 15.8. The van der Waals surface area contributed by atoms with Gasteiger partial charge in [0.15, 0.2) is 5.11 Å². The summed E-state index contributed by atoms with van der Waals surface area (Å²) in [6.45, 7) is 3.84. The molecule has 7 nitrogen and oxygen atoms in total. The number of carbonyl (C=O) groups is 2. The van der Waals surface area contributed by atoms with E-state index >= 15 is 0 Å². The fourth-order valence-corrected chi connectivity index (χ4v) is 2.42. The highest BCUT2D eigenvalue weighted by Gasteiger charge is 2.12. The molecule has 0 saturated heterocycles. The number of hydrogen-bond donors (Lipinski definition) is 3. The number of para-hydroxylation sites is 2. The first-order valence-corrected chi connectivity index (χ1v) is 9.01. The molecule has 0 aliphatic rings. The predicted octanol–water partition coefficient (Wildman–Crippen LogP) is 2.61. The lowest BCUT2D eigenvalue weighted by molar-refractivity contribution is -0.115. The van der Waals surface area contributed by atoms with Crippen LogP contribution in [0.3, 0.4) is 0 Å². The van der Waals surface area contributed by atoms with Gasteiger partial charge in [-0.2, -0.15) is 0 Å². The van der Waals surface area contributed by atoms with Crippen LogP contribution in [0.25, 0.3) is 6.08 Å². The van der Waals surface area contributed by atoms with E-state index in [4.69, 9.17) is 21.7 Å². The fraction of sp³-hybridized carbons (Fsp3) is 0.0952. The largest absolute Gasteiger partial charge is 0.496 e. The van der Waals surface area contributed by atoms with E-state index in [-0.39, 0.29) is 11.7 Å². The fourth-order valence-electron chi connectivity index (χ4n) is 2.26. The Morgan fingerprint density at radius 3 is 2.48 bits per heavy atom. The molecule has 0 radical (unpaired) electrons. The van der Waals surface area contributed by atoms with E-state index in [9.17, 15) is 9.59 Å². The van der Waals surface area contributed by atoms with Gasteiger partial charge in [0.25, 0.3) is 5.91 Å². The molecule has 0 saturated carbocycles. The van der Waals surface area contributed by atoms with Crippen LogP contribution < -0.4 is 25.6 Å². The molecule has 0 aliphatic heterocycles. The summed E-state index contributed by atoms with van der Waals surface area (Å²) < 4.78 is 10.7. The molecule has 0 unspecified atom stereocenters. The minimum absolute atomic E-state index is 0.0579. The van der Waals surface area contributed by atoms with Gasteiger partial charge in [-0.15, -0.1) is 0 Å². The number of thiocarbonyl (C=S) groups is 1. The molecule has 2 rings (SSSR count). The molecule has 2 aromatic rings. The molecule has 0 spiro atoms. The minimum atomic E-state index is -0.467. The number of nitrogens with one attached hydrogen (secondary N) is 3. The molecule has 29 heavy (non-hydrogen) atoms. The minimum Gasteiger partial charge on any atom is -0.496 e. The SMILES string of the molecule is C=CCOc1ccccc1C(=O)NNC(=S)NC(=O)C=Cc1ccccc1OC. The van der Waals surface area contributed by atoms with Crippen molar-refractivity contribution < 1.29 is 19.1 Å². The summed E-state index contributed by atoms with van der Waals surface area (Å²) in [7, 11) is 1.55. The van der Waals surface area contributed by atoms with Crippen molar-refractivity contribution in [2.24, 2.45) is 0 Å². The standard InChI is InChI=1S/C21H21N3O4S/c1-3-14-28-18-11-7-5-9-16(18)20(26)23-24-21(29)22-19(25)13-12-15-8-4-6-10-17(15)27-2/h3-13H,1,14H2,2H3,(H,23,26)(H2,22,24,25,29). The van der Waals surface area contributed by atoms with Gasteiger partial charge in [-0.05, 0) is 36.5 Å². The lowest BCUT2D eigenvalue weighted by atomic mass is 10.2. The summed E-state index contributed by atoms with van der Waals surface area (Å²) in [6.07, 6.45) is 4.49. The first-order chi connectivity index (χ1) is 14.0. The van der Waals surface area contributed by atoms with Gasteiger partial charge < -0.3 is 9.47 Å². The Kier molecular flexibility index (Phi) is 8.40. The summed E-state index contributed by atoms with van der Waals surface area (Å²) in [5, 5.41) is 2.38. The van der Waals surface area contributed by atoms with Crippen molar-refractivity contribution in [1.29, 1.82) is 0 Å². The Hall–Kier alpha value is -3.65. The van der Waals surface area contributed by atoms with Crippen LogP contribution in [0.5, 0.6) is 11.5 Å². The molecule has 8 heteroatoms. The Bertz CT molecular complexity index is 928. The number of carbonyl (C=O) groups excluding carboxylic acids is 2. The zero-order chi connectivity index (χ0) is 21.1. The van der Waals surface area contributed by atoms with Crippen molar-refractivity contribution in [3.05, 3.63) is 78.4 Å². The molecule has 2 amide bonds. The number of hydrogen-bond acceptors (Lipinski definition) is 5. The first-order valence-electron chi connectivity index (χ1n) is 8.60. The molecule has 2 aromatic carbocycles. The Balaban J connectivity index is 1.88. The van der Waals surface area contributed by atoms with E-state index in [1.807, 2.05) is 18.2 Å². The number of hydrazine groups is 1. The third kappa shape index (κ3) is 6.78. The van der Waals surface area contributed by atoms with Crippen LogP contribution in [0.4, 0.5) is 0 Å². The van der Waals surface area contributed by atoms with Gasteiger partial charge in [0.2, 0.25) is 5.91 Å². The predicted molar refractivity (Wildman–Crippen MR) is 116 cm³/mol. The van der Waals surface area contributed by atoms with Crippen molar-refractivity contribution in [2.45, 2.75) is 0 Å². The Morgan fingerprint density at radius 1 is 1.07 bits per heavy atom.